The number of halogens is 5. The fourth-order valence-electron chi connectivity index (χ4n) is 3.02. The predicted molar refractivity (Wildman–Crippen MR) is 113 cm³/mol. The van der Waals surface area contributed by atoms with Crippen molar-refractivity contribution in [2.45, 2.75) is 32.0 Å². The zero-order valence-electron chi connectivity index (χ0n) is 16.6. The maximum atomic E-state index is 14.1. The molecule has 10 heteroatoms. The highest BCUT2D eigenvalue weighted by molar-refractivity contribution is 6.34. The zero-order chi connectivity index (χ0) is 22.8. The fraction of sp³-hybridized carbons (Fsp3) is 0.286. The van der Waals surface area contributed by atoms with E-state index in [1.165, 1.54) is 12.1 Å². The first-order valence-electron chi connectivity index (χ1n) is 9.30. The number of ether oxygens (including phenoxy) is 1. The molecule has 0 bridgehead atoms. The number of benzene rings is 2. The minimum atomic E-state index is -4.81. The van der Waals surface area contributed by atoms with Crippen molar-refractivity contribution in [2.24, 2.45) is 0 Å². The standard InChI is InChI=1S/C21H19Cl2F3N2O3/c1-3-6-30-19(29)27-17-7-13(5-4-12(17)2)18-11-20(31-28-18,21(24,25)26)14-8-15(22)10-16(23)9-14/h4-5,7-11,28H,3,6H2,1-2H3,(H,27,29). The molecule has 166 valence electrons. The first kappa shape index (κ1) is 23.2. The fourth-order valence-corrected chi connectivity index (χ4v) is 3.54. The molecule has 2 aromatic rings. The number of hydrogen-bond donors (Lipinski definition) is 2. The van der Waals surface area contributed by atoms with Crippen LogP contribution in [0.3, 0.4) is 0 Å². The smallest absolute Gasteiger partial charge is 0.428 e. The van der Waals surface area contributed by atoms with Crippen molar-refractivity contribution in [2.75, 3.05) is 11.9 Å². The summed E-state index contributed by atoms with van der Waals surface area (Å²) >= 11 is 11.8. The van der Waals surface area contributed by atoms with E-state index in [4.69, 9.17) is 32.8 Å². The van der Waals surface area contributed by atoms with Gasteiger partial charge in [-0.05, 0) is 49.2 Å². The molecule has 1 amide bonds. The number of amides is 1. The zero-order valence-corrected chi connectivity index (χ0v) is 18.1. The van der Waals surface area contributed by atoms with Crippen LogP contribution in [0.4, 0.5) is 23.7 Å². The highest BCUT2D eigenvalue weighted by atomic mass is 35.5. The molecule has 3 rings (SSSR count). The SMILES string of the molecule is CCCOC(=O)Nc1cc(C2=CC(c3cc(Cl)cc(Cl)c3)(C(F)(F)F)ON2)ccc1C. The molecular formula is C21H19Cl2F3N2O3. The number of rotatable bonds is 5. The van der Waals surface area contributed by atoms with Gasteiger partial charge in [0.25, 0.3) is 0 Å². The Morgan fingerprint density at radius 1 is 1.19 bits per heavy atom. The van der Waals surface area contributed by atoms with E-state index in [1.807, 2.05) is 6.92 Å². The van der Waals surface area contributed by atoms with Gasteiger partial charge in [-0.15, -0.1) is 0 Å². The van der Waals surface area contributed by atoms with E-state index in [1.54, 1.807) is 19.1 Å². The van der Waals surface area contributed by atoms with Crippen molar-refractivity contribution in [3.63, 3.8) is 0 Å². The molecular weight excluding hydrogens is 456 g/mol. The summed E-state index contributed by atoms with van der Waals surface area (Å²) in [4.78, 5) is 17.0. The van der Waals surface area contributed by atoms with E-state index >= 15 is 0 Å². The minimum Gasteiger partial charge on any atom is -0.449 e. The summed E-state index contributed by atoms with van der Waals surface area (Å²) in [6.45, 7) is 3.86. The highest BCUT2D eigenvalue weighted by Crippen LogP contribution is 2.48. The topological polar surface area (TPSA) is 59.6 Å². The number of aryl methyl sites for hydroxylation is 1. The number of carbonyl (C=O) groups is 1. The number of nitrogens with one attached hydrogen (secondary N) is 2. The number of hydroxylamine groups is 1. The van der Waals surface area contributed by atoms with Crippen LogP contribution in [0.25, 0.3) is 5.70 Å². The molecule has 0 fully saturated rings. The van der Waals surface area contributed by atoms with Gasteiger partial charge in [0.05, 0.1) is 12.3 Å². The van der Waals surface area contributed by atoms with Gasteiger partial charge in [0, 0.05) is 26.9 Å². The van der Waals surface area contributed by atoms with Crippen molar-refractivity contribution in [3.8, 4) is 0 Å². The first-order chi connectivity index (χ1) is 14.6. The third-order valence-corrected chi connectivity index (χ3v) is 5.04. The molecule has 0 radical (unpaired) electrons. The van der Waals surface area contributed by atoms with Crippen LogP contribution in [0.5, 0.6) is 0 Å². The van der Waals surface area contributed by atoms with Crippen molar-refractivity contribution in [1.82, 2.24) is 5.48 Å². The van der Waals surface area contributed by atoms with Crippen molar-refractivity contribution in [1.29, 1.82) is 0 Å². The Labute approximate surface area is 187 Å². The second-order valence-electron chi connectivity index (χ2n) is 6.94. The normalized spacial score (nSPS) is 18.4. The third-order valence-electron chi connectivity index (χ3n) is 4.60. The van der Waals surface area contributed by atoms with E-state index in [9.17, 15) is 18.0 Å². The van der Waals surface area contributed by atoms with Crippen molar-refractivity contribution >= 4 is 40.7 Å². The lowest BCUT2D eigenvalue weighted by Gasteiger charge is -2.28. The molecule has 0 saturated carbocycles. The molecule has 2 N–H and O–H groups in total. The summed E-state index contributed by atoms with van der Waals surface area (Å²) in [5.74, 6) is 0. The van der Waals surface area contributed by atoms with Crippen LogP contribution in [-0.2, 0) is 15.2 Å². The Kier molecular flexibility index (Phi) is 6.73. The van der Waals surface area contributed by atoms with Crippen LogP contribution in [-0.4, -0.2) is 18.9 Å². The van der Waals surface area contributed by atoms with Gasteiger partial charge in [-0.25, -0.2) is 4.79 Å². The van der Waals surface area contributed by atoms with Gasteiger partial charge in [0.15, 0.2) is 0 Å². The molecule has 0 aromatic heterocycles. The average molecular weight is 475 g/mol. The van der Waals surface area contributed by atoms with Crippen molar-refractivity contribution in [3.05, 3.63) is 69.2 Å². The number of carbonyl (C=O) groups excluding carboxylic acids is 1. The molecule has 0 saturated heterocycles. The molecule has 1 heterocycles. The van der Waals surface area contributed by atoms with Gasteiger partial charge in [-0.1, -0.05) is 42.3 Å². The molecule has 1 aliphatic rings. The molecule has 31 heavy (non-hydrogen) atoms. The number of hydrogen-bond acceptors (Lipinski definition) is 4. The Bertz CT molecular complexity index is 1010. The van der Waals surface area contributed by atoms with Gasteiger partial charge in [0.1, 0.15) is 0 Å². The Morgan fingerprint density at radius 2 is 1.87 bits per heavy atom. The van der Waals surface area contributed by atoms with Gasteiger partial charge in [-0.3, -0.25) is 15.6 Å². The largest absolute Gasteiger partial charge is 0.449 e. The van der Waals surface area contributed by atoms with Crippen LogP contribution in [0.2, 0.25) is 10.0 Å². The van der Waals surface area contributed by atoms with Crippen LogP contribution in [0.15, 0.2) is 42.5 Å². The lowest BCUT2D eigenvalue weighted by molar-refractivity contribution is -0.269. The number of anilines is 1. The summed E-state index contributed by atoms with van der Waals surface area (Å²) in [5.41, 5.74) is 0.834. The lowest BCUT2D eigenvalue weighted by Crippen LogP contribution is -2.42. The summed E-state index contributed by atoms with van der Waals surface area (Å²) < 4.78 is 47.4. The molecule has 0 aliphatic carbocycles. The van der Waals surface area contributed by atoms with E-state index in [-0.39, 0.29) is 27.9 Å². The molecule has 1 unspecified atom stereocenters. The van der Waals surface area contributed by atoms with Gasteiger partial charge in [0.2, 0.25) is 5.60 Å². The van der Waals surface area contributed by atoms with Crippen molar-refractivity contribution < 1.29 is 27.5 Å². The van der Waals surface area contributed by atoms with E-state index in [2.05, 4.69) is 10.8 Å². The second-order valence-corrected chi connectivity index (χ2v) is 7.82. The number of alkyl halides is 3. The maximum Gasteiger partial charge on any atom is 0.428 e. The van der Waals surface area contributed by atoms with E-state index in [0.717, 1.165) is 18.2 Å². The highest BCUT2D eigenvalue weighted by Gasteiger charge is 2.59. The quantitative estimate of drug-likeness (QED) is 0.512. The average Bonchev–Trinajstić information content (AvgIpc) is 3.14. The Morgan fingerprint density at radius 3 is 2.48 bits per heavy atom. The van der Waals surface area contributed by atoms with E-state index < -0.39 is 17.9 Å². The predicted octanol–water partition coefficient (Wildman–Crippen LogP) is 6.59. The minimum absolute atomic E-state index is 0.0454. The summed E-state index contributed by atoms with van der Waals surface area (Å²) in [5, 5.41) is 2.68. The first-order valence-corrected chi connectivity index (χ1v) is 10.1. The monoisotopic (exact) mass is 474 g/mol. The Balaban J connectivity index is 2.00. The van der Waals surface area contributed by atoms with Crippen LogP contribution >= 0.6 is 23.2 Å². The lowest BCUT2D eigenvalue weighted by atomic mass is 9.91. The summed E-state index contributed by atoms with van der Waals surface area (Å²) in [7, 11) is 0. The van der Waals surface area contributed by atoms with E-state index in [0.29, 0.717) is 23.2 Å². The Hall–Kier alpha value is -2.42. The van der Waals surface area contributed by atoms with Crippen LogP contribution in [0.1, 0.15) is 30.0 Å². The van der Waals surface area contributed by atoms with Crippen LogP contribution < -0.4 is 10.8 Å². The molecule has 2 aromatic carbocycles. The summed E-state index contributed by atoms with van der Waals surface area (Å²) in [6.07, 6.45) is -3.89. The summed E-state index contributed by atoms with van der Waals surface area (Å²) in [6, 6.07) is 8.43. The molecule has 1 atom stereocenters. The third kappa shape index (κ3) is 4.92. The molecule has 5 nitrogen and oxygen atoms in total. The molecule has 0 spiro atoms. The van der Waals surface area contributed by atoms with Gasteiger partial charge in [-0.2, -0.15) is 13.2 Å². The maximum absolute atomic E-state index is 14.1. The molecule has 1 aliphatic heterocycles. The van der Waals surface area contributed by atoms with Crippen LogP contribution in [0, 0.1) is 6.92 Å². The second kappa shape index (κ2) is 8.98. The van der Waals surface area contributed by atoms with Gasteiger partial charge >= 0.3 is 12.3 Å². The van der Waals surface area contributed by atoms with Gasteiger partial charge < -0.3 is 4.74 Å².